The Morgan fingerprint density at radius 2 is 1.97 bits per heavy atom. The van der Waals surface area contributed by atoms with Gasteiger partial charge >= 0.3 is 5.97 Å². The van der Waals surface area contributed by atoms with E-state index >= 15 is 0 Å². The Morgan fingerprint density at radius 3 is 2.72 bits per heavy atom. The van der Waals surface area contributed by atoms with E-state index in [1.165, 1.54) is 19.3 Å². The quantitative estimate of drug-likeness (QED) is 0.365. The number of hydrogen-bond donors (Lipinski definition) is 0. The Morgan fingerprint density at radius 1 is 1.17 bits per heavy atom. The fraction of sp³-hybridized carbons (Fsp3) is 0.238. The van der Waals surface area contributed by atoms with Gasteiger partial charge in [0.2, 0.25) is 6.79 Å². The largest absolute Gasteiger partial charge is 0.493 e. The first kappa shape index (κ1) is 20.5. The molecule has 0 spiro atoms. The van der Waals surface area contributed by atoms with Crippen LogP contribution in [-0.4, -0.2) is 38.9 Å². The van der Waals surface area contributed by atoms with Crippen molar-refractivity contribution in [2.24, 2.45) is 0 Å². The zero-order valence-corrected chi connectivity index (χ0v) is 16.7. The number of benzene rings is 2. The van der Waals surface area contributed by atoms with Gasteiger partial charge < -0.3 is 23.7 Å². The summed E-state index contributed by atoms with van der Waals surface area (Å²) in [7, 11) is 1.50. The lowest BCUT2D eigenvalue weighted by Gasteiger charge is -2.11. The van der Waals surface area contributed by atoms with Gasteiger partial charge in [-0.1, -0.05) is 11.6 Å². The average Bonchev–Trinajstić information content (AvgIpc) is 3.19. The number of esters is 1. The second-order valence-corrected chi connectivity index (χ2v) is 6.31. The van der Waals surface area contributed by atoms with Crippen LogP contribution in [0.1, 0.15) is 22.8 Å². The van der Waals surface area contributed by atoms with Crippen LogP contribution >= 0.6 is 11.6 Å². The molecule has 0 fully saturated rings. The maximum atomic E-state index is 12.2. The molecule has 0 saturated carbocycles. The van der Waals surface area contributed by atoms with Gasteiger partial charge in [0, 0.05) is 11.6 Å². The molecule has 0 saturated heterocycles. The predicted octanol–water partition coefficient (Wildman–Crippen LogP) is 3.92. The number of Topliss-reactive ketones (excluding diaryl/α,β-unsaturated/α-hetero) is 1. The molecule has 0 N–H and O–H groups in total. The maximum absolute atomic E-state index is 12.2. The molecule has 1 aliphatic rings. The monoisotopic (exact) mass is 418 g/mol. The number of fused-ring (bicyclic) bond motifs is 1. The Labute approximate surface area is 172 Å². The van der Waals surface area contributed by atoms with Crippen LogP contribution in [0.25, 0.3) is 6.08 Å². The van der Waals surface area contributed by atoms with E-state index < -0.39 is 12.6 Å². The van der Waals surface area contributed by atoms with Crippen LogP contribution in [0, 0.1) is 0 Å². The van der Waals surface area contributed by atoms with Gasteiger partial charge in [-0.15, -0.1) is 0 Å². The molecule has 152 valence electrons. The third kappa shape index (κ3) is 5.00. The summed E-state index contributed by atoms with van der Waals surface area (Å²) in [5.41, 5.74) is 0.989. The molecule has 0 bridgehead atoms. The maximum Gasteiger partial charge on any atom is 0.331 e. The van der Waals surface area contributed by atoms with E-state index in [9.17, 15) is 9.59 Å². The summed E-state index contributed by atoms with van der Waals surface area (Å²) in [4.78, 5) is 24.2. The predicted molar refractivity (Wildman–Crippen MR) is 106 cm³/mol. The first-order valence-corrected chi connectivity index (χ1v) is 9.17. The number of ketones is 1. The summed E-state index contributed by atoms with van der Waals surface area (Å²) in [6, 6.07) is 8.10. The molecule has 1 aliphatic heterocycles. The second kappa shape index (κ2) is 9.34. The molecule has 0 atom stereocenters. The van der Waals surface area contributed by atoms with Crippen LogP contribution in [0.2, 0.25) is 5.02 Å². The number of halogens is 1. The van der Waals surface area contributed by atoms with Crippen LogP contribution in [-0.2, 0) is 9.53 Å². The highest BCUT2D eigenvalue weighted by Gasteiger charge is 2.17. The molecule has 7 nitrogen and oxygen atoms in total. The highest BCUT2D eigenvalue weighted by molar-refractivity contribution is 6.32. The van der Waals surface area contributed by atoms with E-state index in [1.54, 1.807) is 30.3 Å². The highest BCUT2D eigenvalue weighted by atomic mass is 35.5. The Hall–Kier alpha value is -3.19. The van der Waals surface area contributed by atoms with Crippen molar-refractivity contribution >= 4 is 29.4 Å². The van der Waals surface area contributed by atoms with Gasteiger partial charge in [-0.2, -0.15) is 0 Å². The lowest BCUT2D eigenvalue weighted by atomic mass is 10.1. The molecule has 0 radical (unpaired) electrons. The molecular formula is C21H19ClO7. The van der Waals surface area contributed by atoms with Crippen molar-refractivity contribution in [2.75, 3.05) is 27.1 Å². The van der Waals surface area contributed by atoms with Gasteiger partial charge in [0.15, 0.2) is 35.4 Å². The Bertz CT molecular complexity index is 952. The second-order valence-electron chi connectivity index (χ2n) is 5.90. The molecule has 8 heteroatoms. The van der Waals surface area contributed by atoms with Crippen LogP contribution < -0.4 is 18.9 Å². The fourth-order valence-corrected chi connectivity index (χ4v) is 2.90. The molecule has 0 unspecified atom stereocenters. The van der Waals surface area contributed by atoms with E-state index in [-0.39, 0.29) is 12.6 Å². The number of carbonyl (C=O) groups is 2. The fourth-order valence-electron chi connectivity index (χ4n) is 2.62. The van der Waals surface area contributed by atoms with Gasteiger partial charge in [-0.25, -0.2) is 4.79 Å². The molecule has 29 heavy (non-hydrogen) atoms. The molecule has 0 aliphatic carbocycles. The van der Waals surface area contributed by atoms with Gasteiger partial charge in [0.05, 0.1) is 18.7 Å². The number of hydrogen-bond acceptors (Lipinski definition) is 7. The lowest BCUT2D eigenvalue weighted by Crippen LogP contribution is -2.12. The minimum absolute atomic E-state index is 0.118. The number of carbonyl (C=O) groups excluding carboxylic acids is 2. The lowest BCUT2D eigenvalue weighted by molar-refractivity contribution is -0.136. The summed E-state index contributed by atoms with van der Waals surface area (Å²) < 4.78 is 26.1. The third-order valence-electron chi connectivity index (χ3n) is 3.99. The van der Waals surface area contributed by atoms with Crippen molar-refractivity contribution in [3.63, 3.8) is 0 Å². The van der Waals surface area contributed by atoms with Crippen LogP contribution in [0.3, 0.4) is 0 Å². The van der Waals surface area contributed by atoms with Crippen LogP contribution in [0.15, 0.2) is 36.4 Å². The molecular weight excluding hydrogens is 400 g/mol. The number of methoxy groups -OCH3 is 1. The van der Waals surface area contributed by atoms with E-state index in [2.05, 4.69) is 0 Å². The smallest absolute Gasteiger partial charge is 0.331 e. The van der Waals surface area contributed by atoms with Gasteiger partial charge in [0.25, 0.3) is 0 Å². The SMILES string of the molecule is CCOc1c(Cl)cc(/C=C/C(=O)OCC(=O)c2ccc3c(c2)OCO3)cc1OC. The standard InChI is InChI=1S/C21H19ClO7/c1-3-26-21-15(22)8-13(9-19(21)25-2)4-7-20(24)27-11-16(23)14-5-6-17-18(10-14)29-12-28-17/h4-10H,3,11-12H2,1-2H3/b7-4+. The number of ether oxygens (including phenoxy) is 5. The molecule has 0 amide bonds. The first-order valence-electron chi connectivity index (χ1n) is 8.79. The van der Waals surface area contributed by atoms with E-state index in [0.29, 0.717) is 45.8 Å². The average molecular weight is 419 g/mol. The molecule has 3 rings (SSSR count). The summed E-state index contributed by atoms with van der Waals surface area (Å²) in [5.74, 6) is 0.935. The third-order valence-corrected chi connectivity index (χ3v) is 4.27. The summed E-state index contributed by atoms with van der Waals surface area (Å²) in [5, 5.41) is 0.359. The molecule has 1 heterocycles. The van der Waals surface area contributed by atoms with Crippen molar-refractivity contribution in [3.05, 3.63) is 52.6 Å². The highest BCUT2D eigenvalue weighted by Crippen LogP contribution is 2.36. The van der Waals surface area contributed by atoms with Crippen molar-refractivity contribution < 1.29 is 33.3 Å². The summed E-state index contributed by atoms with van der Waals surface area (Å²) in [6.07, 6.45) is 2.72. The number of rotatable bonds is 8. The Balaban J connectivity index is 1.59. The summed E-state index contributed by atoms with van der Waals surface area (Å²) >= 11 is 6.20. The van der Waals surface area contributed by atoms with Gasteiger partial charge in [-0.3, -0.25) is 4.79 Å². The minimum atomic E-state index is -0.664. The molecule has 2 aromatic rings. The van der Waals surface area contributed by atoms with E-state index in [1.807, 2.05) is 6.92 Å². The first-order chi connectivity index (χ1) is 14.0. The van der Waals surface area contributed by atoms with Crippen molar-refractivity contribution in [1.82, 2.24) is 0 Å². The normalized spacial score (nSPS) is 12.1. The van der Waals surface area contributed by atoms with E-state index in [0.717, 1.165) is 0 Å². The molecule has 0 aromatic heterocycles. The summed E-state index contributed by atoms with van der Waals surface area (Å²) in [6.45, 7) is 2.00. The van der Waals surface area contributed by atoms with Crippen molar-refractivity contribution in [2.45, 2.75) is 6.92 Å². The van der Waals surface area contributed by atoms with Gasteiger partial charge in [0.1, 0.15) is 0 Å². The van der Waals surface area contributed by atoms with Crippen molar-refractivity contribution in [1.29, 1.82) is 0 Å². The van der Waals surface area contributed by atoms with E-state index in [4.69, 9.17) is 35.3 Å². The van der Waals surface area contributed by atoms with Crippen molar-refractivity contribution in [3.8, 4) is 23.0 Å². The van der Waals surface area contributed by atoms with Crippen LogP contribution in [0.5, 0.6) is 23.0 Å². The zero-order chi connectivity index (χ0) is 20.8. The Kier molecular flexibility index (Phi) is 6.61. The van der Waals surface area contributed by atoms with Crippen LogP contribution in [0.4, 0.5) is 0 Å². The zero-order valence-electron chi connectivity index (χ0n) is 15.9. The minimum Gasteiger partial charge on any atom is -0.493 e. The topological polar surface area (TPSA) is 80.3 Å². The molecule has 2 aromatic carbocycles. The van der Waals surface area contributed by atoms with Gasteiger partial charge in [-0.05, 0) is 48.9 Å².